The molecule has 4 rings (SSSR count). The van der Waals surface area contributed by atoms with E-state index in [4.69, 9.17) is 9.26 Å². The molecule has 0 saturated carbocycles. The number of carbonyl (C=O) groups excluding carboxylic acids is 1. The van der Waals surface area contributed by atoms with Crippen molar-refractivity contribution in [2.24, 2.45) is 0 Å². The van der Waals surface area contributed by atoms with Crippen molar-refractivity contribution in [3.63, 3.8) is 0 Å². The highest BCUT2D eigenvalue weighted by Crippen LogP contribution is 2.29. The monoisotopic (exact) mass is 355 g/mol. The number of nitrogens with zero attached hydrogens (tertiary/aromatic N) is 2. The minimum absolute atomic E-state index is 0.108. The average Bonchev–Trinajstić information content (AvgIpc) is 3.27. The number of ether oxygens (including phenoxy) is 1. The molecule has 1 aliphatic rings. The molecule has 6 nitrogen and oxygen atoms in total. The van der Waals surface area contributed by atoms with Gasteiger partial charge in [-0.05, 0) is 36.4 Å². The molecule has 0 atom stereocenters. The highest BCUT2D eigenvalue weighted by atomic mass is 32.1. The van der Waals surface area contributed by atoms with E-state index < -0.39 is 0 Å². The lowest BCUT2D eigenvalue weighted by molar-refractivity contribution is 0.0987. The zero-order valence-corrected chi connectivity index (χ0v) is 14.3. The number of anilines is 1. The van der Waals surface area contributed by atoms with Crippen LogP contribution in [0.15, 0.2) is 40.9 Å². The van der Waals surface area contributed by atoms with Gasteiger partial charge in [-0.15, -0.1) is 11.3 Å². The van der Waals surface area contributed by atoms with Crippen molar-refractivity contribution in [1.29, 1.82) is 0 Å². The van der Waals surface area contributed by atoms with Crippen molar-refractivity contribution in [1.82, 2.24) is 10.1 Å². The summed E-state index contributed by atoms with van der Waals surface area (Å²) >= 11 is 1.54. The summed E-state index contributed by atoms with van der Waals surface area (Å²) in [6.45, 7) is 0.369. The summed E-state index contributed by atoms with van der Waals surface area (Å²) < 4.78 is 10.6. The van der Waals surface area contributed by atoms with Crippen LogP contribution in [-0.2, 0) is 19.4 Å². The Morgan fingerprint density at radius 3 is 2.92 bits per heavy atom. The summed E-state index contributed by atoms with van der Waals surface area (Å²) in [5.74, 6) is 0.0248. The van der Waals surface area contributed by atoms with Gasteiger partial charge >= 0.3 is 0 Å². The van der Waals surface area contributed by atoms with E-state index in [1.165, 1.54) is 28.7 Å². The molecule has 0 saturated heterocycles. The first-order valence-electron chi connectivity index (χ1n) is 8.21. The van der Waals surface area contributed by atoms with Gasteiger partial charge in [0.25, 0.3) is 11.8 Å². The fourth-order valence-corrected chi connectivity index (χ4v) is 3.77. The van der Waals surface area contributed by atoms with Crippen LogP contribution in [0.4, 0.5) is 5.13 Å². The summed E-state index contributed by atoms with van der Waals surface area (Å²) in [6, 6.07) is 11.2. The largest absolute Gasteiger partial charge is 0.471 e. The zero-order valence-electron chi connectivity index (χ0n) is 13.5. The molecular weight excluding hydrogens is 338 g/mol. The lowest BCUT2D eigenvalue weighted by Gasteiger charge is -2.06. The fourth-order valence-electron chi connectivity index (χ4n) is 2.73. The summed E-state index contributed by atoms with van der Waals surface area (Å²) in [5, 5.41) is 7.18. The molecule has 0 unspecified atom stereocenters. The number of aromatic nitrogens is 2. The summed E-state index contributed by atoms with van der Waals surface area (Å²) in [6.07, 6.45) is 4.38. The third-order valence-corrected chi connectivity index (χ3v) is 5.08. The van der Waals surface area contributed by atoms with Gasteiger partial charge in [-0.3, -0.25) is 10.1 Å². The summed E-state index contributed by atoms with van der Waals surface area (Å²) in [5.41, 5.74) is 2.13. The maximum atomic E-state index is 12.3. The van der Waals surface area contributed by atoms with Gasteiger partial charge in [0.2, 0.25) is 5.76 Å². The summed E-state index contributed by atoms with van der Waals surface area (Å²) in [7, 11) is 0. The first-order chi connectivity index (χ1) is 12.3. The molecule has 2 heterocycles. The van der Waals surface area contributed by atoms with Crippen LogP contribution in [0.5, 0.6) is 5.88 Å². The number of nitrogens with one attached hydrogen (secondary N) is 1. The van der Waals surface area contributed by atoms with Crippen LogP contribution in [0, 0.1) is 0 Å². The third-order valence-electron chi connectivity index (χ3n) is 4.01. The van der Waals surface area contributed by atoms with E-state index in [1.807, 2.05) is 30.3 Å². The Balaban J connectivity index is 1.38. The molecule has 1 aromatic carbocycles. The van der Waals surface area contributed by atoms with Crippen LogP contribution in [0.3, 0.4) is 0 Å². The van der Waals surface area contributed by atoms with Gasteiger partial charge in [-0.25, -0.2) is 4.98 Å². The molecule has 0 fully saturated rings. The molecule has 0 spiro atoms. The average molecular weight is 355 g/mol. The standard InChI is InChI=1S/C18H17N3O3S/c22-17(20-18-19-13-8-4-5-9-15(13)25-18)14-10-16(21-24-14)23-11-12-6-2-1-3-7-12/h1-3,6-7,10H,4-5,8-9,11H2,(H,19,20,22). The first-order valence-corrected chi connectivity index (χ1v) is 9.03. The molecule has 1 amide bonds. The second-order valence-corrected chi connectivity index (χ2v) is 6.94. The molecule has 0 aliphatic heterocycles. The Labute approximate surface area is 148 Å². The van der Waals surface area contributed by atoms with Gasteiger partial charge in [0, 0.05) is 4.88 Å². The van der Waals surface area contributed by atoms with Crippen molar-refractivity contribution >= 4 is 22.4 Å². The number of amides is 1. The Bertz CT molecular complexity index is 849. The van der Waals surface area contributed by atoms with E-state index >= 15 is 0 Å². The van der Waals surface area contributed by atoms with E-state index in [0.29, 0.717) is 11.7 Å². The van der Waals surface area contributed by atoms with Gasteiger partial charge in [0.1, 0.15) is 6.61 Å². The number of aryl methyl sites for hydroxylation is 2. The molecule has 7 heteroatoms. The second kappa shape index (κ2) is 7.06. The molecule has 25 heavy (non-hydrogen) atoms. The van der Waals surface area contributed by atoms with Gasteiger partial charge in [0.15, 0.2) is 5.13 Å². The molecule has 1 aliphatic carbocycles. The molecule has 0 bridgehead atoms. The Morgan fingerprint density at radius 2 is 2.08 bits per heavy atom. The number of fused-ring (bicyclic) bond motifs is 1. The van der Waals surface area contributed by atoms with Crippen LogP contribution in [-0.4, -0.2) is 16.0 Å². The number of thiazole rings is 1. The van der Waals surface area contributed by atoms with Crippen molar-refractivity contribution in [2.75, 3.05) is 5.32 Å². The van der Waals surface area contributed by atoms with E-state index in [1.54, 1.807) is 0 Å². The minimum atomic E-state index is -0.367. The van der Waals surface area contributed by atoms with Crippen LogP contribution in [0.1, 0.15) is 39.5 Å². The maximum Gasteiger partial charge on any atom is 0.296 e. The molecule has 0 radical (unpaired) electrons. The molecular formula is C18H17N3O3S. The van der Waals surface area contributed by atoms with E-state index in [9.17, 15) is 4.79 Å². The van der Waals surface area contributed by atoms with Gasteiger partial charge in [0.05, 0.1) is 11.8 Å². The number of carbonyl (C=O) groups is 1. The fraction of sp³-hybridized carbons (Fsp3) is 0.278. The smallest absolute Gasteiger partial charge is 0.296 e. The van der Waals surface area contributed by atoms with Crippen LogP contribution >= 0.6 is 11.3 Å². The van der Waals surface area contributed by atoms with Crippen LogP contribution < -0.4 is 10.1 Å². The lowest BCUT2D eigenvalue weighted by atomic mass is 10.0. The topological polar surface area (TPSA) is 77.2 Å². The van der Waals surface area contributed by atoms with Gasteiger partial charge < -0.3 is 9.26 Å². The molecule has 1 N–H and O–H groups in total. The quantitative estimate of drug-likeness (QED) is 0.752. The Hall–Kier alpha value is -2.67. The van der Waals surface area contributed by atoms with Crippen molar-refractivity contribution < 1.29 is 14.1 Å². The van der Waals surface area contributed by atoms with Crippen molar-refractivity contribution in [2.45, 2.75) is 32.3 Å². The Kier molecular flexibility index (Phi) is 4.47. The molecule has 128 valence electrons. The number of benzene rings is 1. The second-order valence-electron chi connectivity index (χ2n) is 5.85. The molecule has 2 aromatic heterocycles. The first kappa shape index (κ1) is 15.8. The van der Waals surface area contributed by atoms with Crippen LogP contribution in [0.25, 0.3) is 0 Å². The van der Waals surface area contributed by atoms with Crippen LogP contribution in [0.2, 0.25) is 0 Å². The number of hydrogen-bond donors (Lipinski definition) is 1. The molecule has 3 aromatic rings. The van der Waals surface area contributed by atoms with Crippen molar-refractivity contribution in [3.05, 3.63) is 58.3 Å². The maximum absolute atomic E-state index is 12.3. The predicted octanol–water partition coefficient (Wildman–Crippen LogP) is 3.84. The predicted molar refractivity (Wildman–Crippen MR) is 94.0 cm³/mol. The third kappa shape index (κ3) is 3.71. The zero-order chi connectivity index (χ0) is 17.1. The SMILES string of the molecule is O=C(Nc1nc2c(s1)CCCC2)c1cc(OCc2ccccc2)no1. The Morgan fingerprint density at radius 1 is 1.24 bits per heavy atom. The van der Waals surface area contributed by atoms with E-state index in [0.717, 1.165) is 30.5 Å². The minimum Gasteiger partial charge on any atom is -0.471 e. The van der Waals surface area contributed by atoms with E-state index in [2.05, 4.69) is 15.5 Å². The highest BCUT2D eigenvalue weighted by Gasteiger charge is 2.19. The lowest BCUT2D eigenvalue weighted by Crippen LogP contribution is -2.10. The van der Waals surface area contributed by atoms with Gasteiger partial charge in [-0.1, -0.05) is 30.3 Å². The van der Waals surface area contributed by atoms with Crippen molar-refractivity contribution in [3.8, 4) is 5.88 Å². The highest BCUT2D eigenvalue weighted by molar-refractivity contribution is 7.15. The normalized spacial score (nSPS) is 13.3. The van der Waals surface area contributed by atoms with Gasteiger partial charge in [-0.2, -0.15) is 0 Å². The number of hydrogen-bond acceptors (Lipinski definition) is 6. The number of rotatable bonds is 5. The summed E-state index contributed by atoms with van der Waals surface area (Å²) in [4.78, 5) is 18.0. The van der Waals surface area contributed by atoms with E-state index in [-0.39, 0.29) is 17.5 Å².